The van der Waals surface area contributed by atoms with Crippen molar-refractivity contribution in [3.63, 3.8) is 0 Å². The average molecular weight is 818 g/mol. The number of benzene rings is 2. The van der Waals surface area contributed by atoms with Crippen LogP contribution in [0.5, 0.6) is 5.75 Å². The van der Waals surface area contributed by atoms with Gasteiger partial charge in [0.05, 0.1) is 41.4 Å². The largest absolute Gasteiger partial charge is 0.485 e. The molecule has 58 heavy (non-hydrogen) atoms. The van der Waals surface area contributed by atoms with Crippen molar-refractivity contribution in [2.45, 2.75) is 46.0 Å². The smallest absolute Gasteiger partial charge is 0.416 e. The molecule has 2 amide bonds. The van der Waals surface area contributed by atoms with E-state index in [1.807, 2.05) is 42.2 Å². The van der Waals surface area contributed by atoms with Gasteiger partial charge in [0.1, 0.15) is 24.7 Å². The van der Waals surface area contributed by atoms with Gasteiger partial charge in [-0.05, 0) is 55.0 Å². The number of anilines is 2. The second-order valence-corrected chi connectivity index (χ2v) is 14.9. The summed E-state index contributed by atoms with van der Waals surface area (Å²) in [5.74, 6) is 0.746. The first-order valence-electron chi connectivity index (χ1n) is 18.9. The van der Waals surface area contributed by atoms with E-state index in [2.05, 4.69) is 26.5 Å². The van der Waals surface area contributed by atoms with Crippen LogP contribution in [0.4, 0.5) is 24.5 Å². The van der Waals surface area contributed by atoms with Crippen molar-refractivity contribution in [2.24, 2.45) is 11.8 Å². The number of allylic oxidation sites excluding steroid dienone is 1. The number of nitrogens with one attached hydrogen (secondary N) is 1. The molecule has 0 bridgehead atoms. The normalized spacial score (nSPS) is 18.1. The summed E-state index contributed by atoms with van der Waals surface area (Å²) in [6, 6.07) is 12.2. The van der Waals surface area contributed by atoms with Gasteiger partial charge in [-0.1, -0.05) is 54.9 Å². The second-order valence-electron chi connectivity index (χ2n) is 14.5. The van der Waals surface area contributed by atoms with Crippen LogP contribution in [0.3, 0.4) is 0 Å². The van der Waals surface area contributed by atoms with Crippen LogP contribution in [0.15, 0.2) is 65.6 Å². The molecule has 2 aliphatic heterocycles. The van der Waals surface area contributed by atoms with E-state index in [0.29, 0.717) is 55.0 Å². The van der Waals surface area contributed by atoms with Crippen LogP contribution < -0.4 is 20.5 Å². The molecule has 2 unspecified atom stereocenters. The molecule has 0 saturated carbocycles. The Bertz CT molecular complexity index is 2480. The average Bonchev–Trinajstić information content (AvgIpc) is 3.96. The number of alkyl halides is 3. The summed E-state index contributed by atoms with van der Waals surface area (Å²) in [4.78, 5) is 59.1. The molecule has 14 nitrogen and oxygen atoms in total. The first-order chi connectivity index (χ1) is 27.9. The fourth-order valence-electron chi connectivity index (χ4n) is 7.71. The number of carbonyl (C=O) groups is 2. The number of hydrogen-bond donors (Lipinski definition) is 1. The van der Waals surface area contributed by atoms with Crippen molar-refractivity contribution in [3.8, 4) is 5.75 Å². The van der Waals surface area contributed by atoms with E-state index in [9.17, 15) is 27.6 Å². The molecule has 1 aliphatic carbocycles. The number of halogens is 4. The Balaban J connectivity index is 1.09. The molecule has 1 N–H and O–H groups in total. The predicted octanol–water partition coefficient (Wildman–Crippen LogP) is 5.45. The Morgan fingerprint density at radius 2 is 1.83 bits per heavy atom. The van der Waals surface area contributed by atoms with Crippen molar-refractivity contribution < 1.29 is 32.2 Å². The van der Waals surface area contributed by atoms with E-state index in [-0.39, 0.29) is 79.1 Å². The minimum atomic E-state index is -4.61. The summed E-state index contributed by atoms with van der Waals surface area (Å²) in [5, 5.41) is 7.01. The minimum Gasteiger partial charge on any atom is -0.485 e. The van der Waals surface area contributed by atoms with Crippen molar-refractivity contribution in [1.82, 2.24) is 34.0 Å². The lowest BCUT2D eigenvalue weighted by molar-refractivity contribution is -0.137. The van der Waals surface area contributed by atoms with Gasteiger partial charge in [0, 0.05) is 32.1 Å². The number of aryl methyl sites for hydroxylation is 1. The van der Waals surface area contributed by atoms with Crippen LogP contribution in [0.2, 0.25) is 5.02 Å². The molecule has 2 fully saturated rings. The molecular formula is C40H39ClF3N9O5. The van der Waals surface area contributed by atoms with Gasteiger partial charge in [-0.2, -0.15) is 22.7 Å². The van der Waals surface area contributed by atoms with Crippen molar-refractivity contribution in [2.75, 3.05) is 49.6 Å². The predicted molar refractivity (Wildman–Crippen MR) is 208 cm³/mol. The number of carbonyl (C=O) groups excluding carboxylic acids is 2. The number of amides is 2. The lowest BCUT2D eigenvalue weighted by atomic mass is 10.00. The van der Waals surface area contributed by atoms with E-state index >= 15 is 0 Å². The molecule has 3 aromatic heterocycles. The zero-order chi connectivity index (χ0) is 40.7. The van der Waals surface area contributed by atoms with Crippen LogP contribution in [-0.2, 0) is 35.3 Å². The third kappa shape index (κ3) is 7.75. The highest BCUT2D eigenvalue weighted by Gasteiger charge is 2.36. The van der Waals surface area contributed by atoms with Crippen LogP contribution in [0, 0.1) is 18.8 Å². The van der Waals surface area contributed by atoms with Crippen LogP contribution in [0.1, 0.15) is 52.3 Å². The Hall–Kier alpha value is -5.81. The standard InChI is InChI=1S/C40H39ClF3N9O5/c1-3-31-35(50-11-13-51(14-12-50)37(55)34-32(18-45-23(2)46-34)58-20-24-7-5-4-6-8-24)38(56)53-39(48-36(49-53)25-15-26-21-57-22-27(26)16-25)52(31)19-33(54)47-30-10-9-28(17-29(30)41)40(42,43)44/h4-10,15,17-18,26-27H,3,11-14,16,19-22H2,1-2H3,(H,47,54). The maximum absolute atomic E-state index is 14.5. The monoisotopic (exact) mass is 817 g/mol. The summed E-state index contributed by atoms with van der Waals surface area (Å²) >= 11 is 6.18. The van der Waals surface area contributed by atoms with Crippen LogP contribution in [0.25, 0.3) is 11.4 Å². The van der Waals surface area contributed by atoms with Gasteiger partial charge in [0.25, 0.3) is 11.5 Å². The van der Waals surface area contributed by atoms with Gasteiger partial charge in [-0.25, -0.2) is 9.97 Å². The maximum Gasteiger partial charge on any atom is 0.416 e. The molecule has 302 valence electrons. The maximum atomic E-state index is 14.5. The molecular weight excluding hydrogens is 779 g/mol. The van der Waals surface area contributed by atoms with Gasteiger partial charge in [-0.15, -0.1) is 5.10 Å². The number of rotatable bonds is 10. The molecule has 2 aromatic carbocycles. The highest BCUT2D eigenvalue weighted by Crippen LogP contribution is 2.39. The zero-order valence-electron chi connectivity index (χ0n) is 31.6. The molecule has 5 aromatic rings. The molecule has 8 rings (SSSR count). The van der Waals surface area contributed by atoms with Crippen molar-refractivity contribution >= 4 is 46.1 Å². The fraction of sp³-hybridized carbons (Fsp3) is 0.375. The number of piperazine rings is 1. The second kappa shape index (κ2) is 15.9. The Morgan fingerprint density at radius 1 is 1.05 bits per heavy atom. The van der Waals surface area contributed by atoms with Gasteiger partial charge in [-0.3, -0.25) is 14.4 Å². The van der Waals surface area contributed by atoms with Crippen molar-refractivity contribution in [1.29, 1.82) is 0 Å². The number of ether oxygens (including phenoxy) is 2. The number of aromatic nitrogens is 6. The van der Waals surface area contributed by atoms with E-state index < -0.39 is 23.2 Å². The minimum absolute atomic E-state index is 0.00433. The number of nitrogens with zero attached hydrogens (tertiary/aromatic N) is 8. The highest BCUT2D eigenvalue weighted by molar-refractivity contribution is 6.33. The molecule has 5 heterocycles. The summed E-state index contributed by atoms with van der Waals surface area (Å²) in [6.45, 7) is 5.66. The lowest BCUT2D eigenvalue weighted by Crippen LogP contribution is -2.51. The van der Waals surface area contributed by atoms with E-state index in [4.69, 9.17) is 26.1 Å². The van der Waals surface area contributed by atoms with Gasteiger partial charge in [0.15, 0.2) is 17.3 Å². The summed E-state index contributed by atoms with van der Waals surface area (Å²) in [7, 11) is 0. The molecule has 3 aliphatic rings. The Kier molecular flexibility index (Phi) is 10.7. The fourth-order valence-corrected chi connectivity index (χ4v) is 7.94. The highest BCUT2D eigenvalue weighted by atomic mass is 35.5. The topological polar surface area (TPSA) is 149 Å². The molecule has 0 spiro atoms. The Labute approximate surface area is 335 Å². The van der Waals surface area contributed by atoms with Crippen molar-refractivity contribution in [3.05, 3.63) is 110 Å². The van der Waals surface area contributed by atoms with Gasteiger partial charge < -0.3 is 29.2 Å². The third-order valence-corrected chi connectivity index (χ3v) is 11.0. The summed E-state index contributed by atoms with van der Waals surface area (Å²) in [5.41, 5.74) is 1.35. The van der Waals surface area contributed by atoms with E-state index in [0.717, 1.165) is 29.3 Å². The first-order valence-corrected chi connectivity index (χ1v) is 19.3. The number of hydrogen-bond acceptors (Lipinski definition) is 10. The molecule has 18 heteroatoms. The van der Waals surface area contributed by atoms with Gasteiger partial charge in [0.2, 0.25) is 11.7 Å². The molecule has 0 radical (unpaired) electrons. The van der Waals surface area contributed by atoms with Crippen LogP contribution >= 0.6 is 11.6 Å². The first kappa shape index (κ1) is 39.0. The zero-order valence-corrected chi connectivity index (χ0v) is 32.4. The molecule has 2 atom stereocenters. The third-order valence-electron chi connectivity index (χ3n) is 10.7. The molecule has 2 saturated heterocycles. The summed E-state index contributed by atoms with van der Waals surface area (Å²) in [6.07, 6.45) is -0.0503. The quantitative estimate of drug-likeness (QED) is 0.193. The number of fused-ring (bicyclic) bond motifs is 2. The SMILES string of the molecule is CCc1c(N2CCN(C(=O)c3nc(C)ncc3OCc3ccccc3)CC2)c(=O)n2nc(C3=CC4COCC4C3)nc2n1CC(=O)Nc1ccc(C(F)(F)F)cc1Cl. The Morgan fingerprint density at radius 3 is 2.53 bits per heavy atom. The van der Waals surface area contributed by atoms with Crippen LogP contribution in [-0.4, -0.2) is 85.2 Å². The van der Waals surface area contributed by atoms with Gasteiger partial charge >= 0.3 is 6.18 Å². The lowest BCUT2D eigenvalue weighted by Gasteiger charge is -2.36. The van der Waals surface area contributed by atoms with E-state index in [1.165, 1.54) is 10.7 Å². The van der Waals surface area contributed by atoms with E-state index in [1.54, 1.807) is 16.4 Å². The summed E-state index contributed by atoms with van der Waals surface area (Å²) < 4.78 is 54.3.